The van der Waals surface area contributed by atoms with Crippen LogP contribution in [0.4, 0.5) is 4.79 Å². The summed E-state index contributed by atoms with van der Waals surface area (Å²) >= 11 is 1.74. The summed E-state index contributed by atoms with van der Waals surface area (Å²) in [5, 5.41) is 7.25. The molecule has 2 rings (SSSR count). The molecule has 6 heteroatoms. The lowest BCUT2D eigenvalue weighted by molar-refractivity contribution is -0.910. The number of thiophene rings is 1. The molecule has 0 aliphatic carbocycles. The maximum Gasteiger partial charge on any atom is 0.321 e. The van der Waals surface area contributed by atoms with E-state index in [9.17, 15) is 9.59 Å². The summed E-state index contributed by atoms with van der Waals surface area (Å²) in [5.41, 5.74) is 0. The molecule has 1 fully saturated rings. The topological polar surface area (TPSA) is 62.6 Å². The van der Waals surface area contributed by atoms with E-state index < -0.39 is 0 Å². The molecule has 3 N–H and O–H groups in total. The Balaban J connectivity index is 1.83. The van der Waals surface area contributed by atoms with Gasteiger partial charge in [0, 0.05) is 18.9 Å². The van der Waals surface area contributed by atoms with Crippen molar-refractivity contribution in [3.8, 4) is 0 Å². The van der Waals surface area contributed by atoms with E-state index in [-0.39, 0.29) is 18.0 Å². The van der Waals surface area contributed by atoms with Gasteiger partial charge in [-0.2, -0.15) is 0 Å². The van der Waals surface area contributed by atoms with E-state index in [1.54, 1.807) is 11.3 Å². The minimum absolute atomic E-state index is 0.0794. The van der Waals surface area contributed by atoms with Crippen LogP contribution in [0.25, 0.3) is 0 Å². The number of amides is 3. The van der Waals surface area contributed by atoms with Crippen molar-refractivity contribution in [1.82, 2.24) is 10.6 Å². The molecule has 3 atom stereocenters. The number of rotatable bonds is 5. The van der Waals surface area contributed by atoms with Crippen LogP contribution in [0, 0.1) is 0 Å². The Morgan fingerprint density at radius 1 is 1.52 bits per heavy atom. The molecule has 3 amide bonds. The summed E-state index contributed by atoms with van der Waals surface area (Å²) in [7, 11) is 0. The molecule has 5 nitrogen and oxygen atoms in total. The lowest BCUT2D eigenvalue weighted by Gasteiger charge is -2.20. The molecule has 0 spiro atoms. The Morgan fingerprint density at radius 3 is 3.00 bits per heavy atom. The summed E-state index contributed by atoms with van der Waals surface area (Å²) in [6, 6.07) is 4.27. The Bertz CT molecular complexity index is 475. The molecule has 2 heterocycles. The van der Waals surface area contributed by atoms with Gasteiger partial charge in [0.05, 0.1) is 11.4 Å². The zero-order chi connectivity index (χ0) is 15.2. The van der Waals surface area contributed by atoms with Crippen molar-refractivity contribution < 1.29 is 14.5 Å². The van der Waals surface area contributed by atoms with E-state index in [1.165, 1.54) is 9.78 Å². The van der Waals surface area contributed by atoms with Crippen LogP contribution in [-0.2, 0) is 4.79 Å². The van der Waals surface area contributed by atoms with Crippen LogP contribution in [0.2, 0.25) is 0 Å². The van der Waals surface area contributed by atoms with E-state index in [4.69, 9.17) is 0 Å². The SMILES string of the molecule is CC[C@@H](C)NC(=O)NC(=O)C[NH+]1CCC[C@@H]1c1cccs1. The molecular weight excluding hydrogens is 286 g/mol. The average Bonchev–Trinajstić information content (AvgIpc) is 3.08. The van der Waals surface area contributed by atoms with Gasteiger partial charge < -0.3 is 10.2 Å². The monoisotopic (exact) mass is 310 g/mol. The summed E-state index contributed by atoms with van der Waals surface area (Å²) < 4.78 is 0. The first kappa shape index (κ1) is 16.0. The van der Waals surface area contributed by atoms with Gasteiger partial charge in [0.2, 0.25) is 0 Å². The summed E-state index contributed by atoms with van der Waals surface area (Å²) in [4.78, 5) is 26.3. The maximum absolute atomic E-state index is 12.0. The van der Waals surface area contributed by atoms with Gasteiger partial charge in [-0.25, -0.2) is 4.79 Å². The van der Waals surface area contributed by atoms with E-state index in [2.05, 4.69) is 28.1 Å². The molecule has 0 aromatic carbocycles. The van der Waals surface area contributed by atoms with Gasteiger partial charge in [0.15, 0.2) is 6.54 Å². The van der Waals surface area contributed by atoms with Crippen molar-refractivity contribution in [2.45, 2.75) is 45.2 Å². The lowest BCUT2D eigenvalue weighted by atomic mass is 10.2. The molecule has 21 heavy (non-hydrogen) atoms. The second-order valence-electron chi connectivity index (χ2n) is 5.63. The highest BCUT2D eigenvalue weighted by Crippen LogP contribution is 2.23. The summed E-state index contributed by atoms with van der Waals surface area (Å²) in [5.74, 6) is -0.200. The van der Waals surface area contributed by atoms with Gasteiger partial charge in [-0.05, 0) is 24.8 Å². The van der Waals surface area contributed by atoms with Crippen molar-refractivity contribution in [2.75, 3.05) is 13.1 Å². The average molecular weight is 310 g/mol. The Morgan fingerprint density at radius 2 is 2.33 bits per heavy atom. The zero-order valence-corrected chi connectivity index (χ0v) is 13.5. The highest BCUT2D eigenvalue weighted by molar-refractivity contribution is 7.10. The van der Waals surface area contributed by atoms with E-state index in [1.807, 2.05) is 13.8 Å². The smallest absolute Gasteiger partial charge is 0.321 e. The molecule has 0 saturated carbocycles. The zero-order valence-electron chi connectivity index (χ0n) is 12.6. The number of likely N-dealkylation sites (tertiary alicyclic amines) is 1. The molecule has 0 bridgehead atoms. The van der Waals surface area contributed by atoms with Crippen LogP contribution in [0.1, 0.15) is 44.0 Å². The molecule has 1 aromatic rings. The third-order valence-electron chi connectivity index (χ3n) is 4.00. The number of hydrogen-bond acceptors (Lipinski definition) is 3. The quantitative estimate of drug-likeness (QED) is 0.762. The third kappa shape index (κ3) is 4.54. The van der Waals surface area contributed by atoms with E-state index in [0.717, 1.165) is 25.8 Å². The molecule has 1 saturated heterocycles. The van der Waals surface area contributed by atoms with Crippen molar-refractivity contribution in [3.63, 3.8) is 0 Å². The van der Waals surface area contributed by atoms with Crippen molar-refractivity contribution >= 4 is 23.3 Å². The number of quaternary nitrogens is 1. The molecule has 1 aliphatic rings. The normalized spacial score (nSPS) is 22.8. The highest BCUT2D eigenvalue weighted by atomic mass is 32.1. The fraction of sp³-hybridized carbons (Fsp3) is 0.600. The van der Waals surface area contributed by atoms with Gasteiger partial charge in [0.1, 0.15) is 6.04 Å². The highest BCUT2D eigenvalue weighted by Gasteiger charge is 2.32. The van der Waals surface area contributed by atoms with Crippen LogP contribution in [0.3, 0.4) is 0 Å². The first-order valence-electron chi connectivity index (χ1n) is 7.58. The predicted octanol–water partition coefficient (Wildman–Crippen LogP) is 1.09. The first-order chi connectivity index (χ1) is 10.1. The Kier molecular flexibility index (Phi) is 5.76. The molecule has 1 aliphatic heterocycles. The fourth-order valence-electron chi connectivity index (χ4n) is 2.70. The maximum atomic E-state index is 12.0. The number of hydrogen-bond donors (Lipinski definition) is 3. The van der Waals surface area contributed by atoms with Gasteiger partial charge >= 0.3 is 6.03 Å². The van der Waals surface area contributed by atoms with E-state index >= 15 is 0 Å². The number of imide groups is 1. The Hall–Kier alpha value is -1.40. The summed E-state index contributed by atoms with van der Waals surface area (Å²) in [6.07, 6.45) is 3.09. The number of nitrogens with one attached hydrogen (secondary N) is 3. The molecule has 1 aromatic heterocycles. The van der Waals surface area contributed by atoms with Crippen LogP contribution >= 0.6 is 11.3 Å². The summed E-state index contributed by atoms with van der Waals surface area (Å²) in [6.45, 7) is 5.26. The van der Waals surface area contributed by atoms with Gasteiger partial charge in [-0.3, -0.25) is 10.1 Å². The minimum atomic E-state index is -0.388. The van der Waals surface area contributed by atoms with Crippen molar-refractivity contribution in [2.24, 2.45) is 0 Å². The third-order valence-corrected chi connectivity index (χ3v) is 4.99. The largest absolute Gasteiger partial charge is 0.335 e. The van der Waals surface area contributed by atoms with Crippen LogP contribution in [0.5, 0.6) is 0 Å². The van der Waals surface area contributed by atoms with Gasteiger partial charge in [-0.15, -0.1) is 11.3 Å². The number of carbonyl (C=O) groups excluding carboxylic acids is 2. The standard InChI is InChI=1S/C15H23N3O2S/c1-3-11(2)16-15(20)17-14(19)10-18-8-4-6-12(18)13-7-5-9-21-13/h5,7,9,11-12H,3-4,6,8,10H2,1-2H3,(H2,16,17,19,20)/p+1/t11-,12-/m1/s1. The van der Waals surface area contributed by atoms with Crippen molar-refractivity contribution in [3.05, 3.63) is 22.4 Å². The first-order valence-corrected chi connectivity index (χ1v) is 8.46. The Labute approximate surface area is 129 Å². The molecule has 1 unspecified atom stereocenters. The van der Waals surface area contributed by atoms with Crippen molar-refractivity contribution in [1.29, 1.82) is 0 Å². The molecule has 116 valence electrons. The van der Waals surface area contributed by atoms with Crippen LogP contribution < -0.4 is 15.5 Å². The number of urea groups is 1. The lowest BCUT2D eigenvalue weighted by Crippen LogP contribution is -3.11. The predicted molar refractivity (Wildman–Crippen MR) is 83.4 cm³/mol. The van der Waals surface area contributed by atoms with Gasteiger partial charge in [0.25, 0.3) is 5.91 Å². The second-order valence-corrected chi connectivity index (χ2v) is 6.61. The van der Waals surface area contributed by atoms with Gasteiger partial charge in [-0.1, -0.05) is 13.0 Å². The molecular formula is C15H24N3O2S+. The minimum Gasteiger partial charge on any atom is -0.335 e. The second kappa shape index (κ2) is 7.56. The van der Waals surface area contributed by atoms with E-state index in [0.29, 0.717) is 12.6 Å². The number of carbonyl (C=O) groups is 2. The molecule has 0 radical (unpaired) electrons. The fourth-order valence-corrected chi connectivity index (χ4v) is 3.62. The van der Waals surface area contributed by atoms with Crippen LogP contribution in [0.15, 0.2) is 17.5 Å². The van der Waals surface area contributed by atoms with Crippen LogP contribution in [-0.4, -0.2) is 31.1 Å².